The van der Waals surface area contributed by atoms with Crippen molar-refractivity contribution in [2.75, 3.05) is 6.61 Å². The second kappa shape index (κ2) is 6.48. The van der Waals surface area contributed by atoms with Crippen molar-refractivity contribution >= 4 is 22.9 Å². The fourth-order valence-corrected chi connectivity index (χ4v) is 2.77. The molecular weight excluding hydrogens is 285 g/mol. The van der Waals surface area contributed by atoms with Gasteiger partial charge in [0.05, 0.1) is 17.7 Å². The monoisotopic (exact) mass is 299 g/mol. The van der Waals surface area contributed by atoms with Crippen LogP contribution in [0.2, 0.25) is 5.02 Å². The van der Waals surface area contributed by atoms with Crippen LogP contribution in [0.3, 0.4) is 0 Å². The van der Waals surface area contributed by atoms with Crippen LogP contribution < -0.4 is 5.32 Å². The molecule has 2 aromatic rings. The van der Waals surface area contributed by atoms with Gasteiger partial charge in [-0.25, -0.2) is 4.39 Å². The van der Waals surface area contributed by atoms with Gasteiger partial charge < -0.3 is 10.4 Å². The maximum atomic E-state index is 13.4. The fraction of sp³-hybridized carbons (Fsp3) is 0.286. The van der Waals surface area contributed by atoms with Crippen molar-refractivity contribution in [1.82, 2.24) is 5.32 Å². The molecule has 2 N–H and O–H groups in total. The van der Waals surface area contributed by atoms with E-state index in [9.17, 15) is 9.50 Å². The van der Waals surface area contributed by atoms with Gasteiger partial charge in [-0.05, 0) is 36.1 Å². The lowest BCUT2D eigenvalue weighted by Gasteiger charge is -2.21. The Balaban J connectivity index is 2.13. The molecule has 1 aromatic carbocycles. The van der Waals surface area contributed by atoms with Crippen LogP contribution in [-0.2, 0) is 0 Å². The quantitative estimate of drug-likeness (QED) is 0.877. The van der Waals surface area contributed by atoms with Crippen molar-refractivity contribution in [2.24, 2.45) is 0 Å². The van der Waals surface area contributed by atoms with E-state index in [0.717, 1.165) is 0 Å². The number of rotatable bonds is 5. The standard InChI is InChI=1S/C14H15ClFNOS/c1-9(14-3-2-6-19-14)17-13(8-18)10-4-5-11(15)12(16)7-10/h2-7,9,13,17-18H,8H2,1H3. The summed E-state index contributed by atoms with van der Waals surface area (Å²) in [6.07, 6.45) is 0. The molecular formula is C14H15ClFNOS. The summed E-state index contributed by atoms with van der Waals surface area (Å²) in [6.45, 7) is 1.91. The zero-order valence-electron chi connectivity index (χ0n) is 10.4. The molecule has 0 spiro atoms. The van der Waals surface area contributed by atoms with Crippen LogP contribution in [0, 0.1) is 5.82 Å². The Morgan fingerprint density at radius 1 is 1.42 bits per heavy atom. The van der Waals surface area contributed by atoms with E-state index in [0.29, 0.717) is 5.56 Å². The van der Waals surface area contributed by atoms with Gasteiger partial charge in [-0.2, -0.15) is 0 Å². The fourth-order valence-electron chi connectivity index (χ4n) is 1.91. The first-order chi connectivity index (χ1) is 9.11. The molecule has 1 heterocycles. The van der Waals surface area contributed by atoms with Gasteiger partial charge in [0.15, 0.2) is 0 Å². The van der Waals surface area contributed by atoms with Crippen molar-refractivity contribution in [3.63, 3.8) is 0 Å². The molecule has 0 amide bonds. The van der Waals surface area contributed by atoms with Gasteiger partial charge in [0, 0.05) is 10.9 Å². The Morgan fingerprint density at radius 2 is 2.21 bits per heavy atom. The minimum atomic E-state index is -0.469. The third kappa shape index (κ3) is 3.54. The molecule has 2 atom stereocenters. The highest BCUT2D eigenvalue weighted by atomic mass is 35.5. The highest BCUT2D eigenvalue weighted by Gasteiger charge is 2.16. The lowest BCUT2D eigenvalue weighted by molar-refractivity contribution is 0.235. The van der Waals surface area contributed by atoms with E-state index in [4.69, 9.17) is 11.6 Å². The maximum absolute atomic E-state index is 13.4. The lowest BCUT2D eigenvalue weighted by atomic mass is 10.1. The van der Waals surface area contributed by atoms with Crippen LogP contribution >= 0.6 is 22.9 Å². The Hall–Kier alpha value is -0.940. The van der Waals surface area contributed by atoms with Crippen LogP contribution in [0.4, 0.5) is 4.39 Å². The highest BCUT2D eigenvalue weighted by Crippen LogP contribution is 2.24. The molecule has 0 aliphatic carbocycles. The van der Waals surface area contributed by atoms with Crippen molar-refractivity contribution in [3.05, 3.63) is 57.0 Å². The molecule has 0 fully saturated rings. The molecule has 1 aromatic heterocycles. The van der Waals surface area contributed by atoms with Crippen LogP contribution in [-0.4, -0.2) is 11.7 Å². The number of aliphatic hydroxyl groups is 1. The van der Waals surface area contributed by atoms with E-state index in [1.54, 1.807) is 17.4 Å². The Kier molecular flexibility index (Phi) is 4.93. The molecule has 2 nitrogen and oxygen atoms in total. The van der Waals surface area contributed by atoms with E-state index < -0.39 is 5.82 Å². The van der Waals surface area contributed by atoms with Gasteiger partial charge in [-0.15, -0.1) is 11.3 Å². The van der Waals surface area contributed by atoms with Gasteiger partial charge >= 0.3 is 0 Å². The molecule has 0 bridgehead atoms. The third-order valence-corrected chi connectivity index (χ3v) is 4.31. The van der Waals surface area contributed by atoms with E-state index in [-0.39, 0.29) is 23.7 Å². The number of thiophene rings is 1. The zero-order chi connectivity index (χ0) is 13.8. The van der Waals surface area contributed by atoms with E-state index in [1.807, 2.05) is 24.4 Å². The summed E-state index contributed by atoms with van der Waals surface area (Å²) in [5.41, 5.74) is 0.688. The van der Waals surface area contributed by atoms with Crippen LogP contribution in [0.15, 0.2) is 35.7 Å². The average molecular weight is 300 g/mol. The lowest BCUT2D eigenvalue weighted by Crippen LogP contribution is -2.27. The van der Waals surface area contributed by atoms with Crippen LogP contribution in [0.25, 0.3) is 0 Å². The first kappa shape index (κ1) is 14.5. The summed E-state index contributed by atoms with van der Waals surface area (Å²) in [6, 6.07) is 8.37. The molecule has 102 valence electrons. The molecule has 0 saturated carbocycles. The number of halogens is 2. The molecule has 5 heteroatoms. The van der Waals surface area contributed by atoms with Gasteiger partial charge in [-0.1, -0.05) is 23.7 Å². The van der Waals surface area contributed by atoms with Gasteiger partial charge in [0.2, 0.25) is 0 Å². The summed E-state index contributed by atoms with van der Waals surface area (Å²) in [7, 11) is 0. The van der Waals surface area contributed by atoms with Gasteiger partial charge in [0.25, 0.3) is 0 Å². The summed E-state index contributed by atoms with van der Waals surface area (Å²) >= 11 is 7.30. The van der Waals surface area contributed by atoms with Crippen molar-refractivity contribution in [1.29, 1.82) is 0 Å². The molecule has 2 unspecified atom stereocenters. The van der Waals surface area contributed by atoms with E-state index in [2.05, 4.69) is 5.32 Å². The van der Waals surface area contributed by atoms with Crippen molar-refractivity contribution < 1.29 is 9.50 Å². The predicted molar refractivity (Wildman–Crippen MR) is 77.1 cm³/mol. The summed E-state index contributed by atoms with van der Waals surface area (Å²) in [5.74, 6) is -0.469. The first-order valence-electron chi connectivity index (χ1n) is 5.97. The average Bonchev–Trinajstić information content (AvgIpc) is 2.93. The van der Waals surface area contributed by atoms with Crippen molar-refractivity contribution in [3.8, 4) is 0 Å². The number of hydrogen-bond acceptors (Lipinski definition) is 3. The van der Waals surface area contributed by atoms with Gasteiger partial charge in [-0.3, -0.25) is 0 Å². The van der Waals surface area contributed by atoms with E-state index >= 15 is 0 Å². The first-order valence-corrected chi connectivity index (χ1v) is 7.23. The Bertz CT molecular complexity index is 532. The zero-order valence-corrected chi connectivity index (χ0v) is 12.0. The van der Waals surface area contributed by atoms with Crippen LogP contribution in [0.5, 0.6) is 0 Å². The highest BCUT2D eigenvalue weighted by molar-refractivity contribution is 7.10. The largest absolute Gasteiger partial charge is 0.394 e. The Labute approximate surface area is 120 Å². The number of benzene rings is 1. The summed E-state index contributed by atoms with van der Waals surface area (Å²) in [5, 5.41) is 14.8. The summed E-state index contributed by atoms with van der Waals surface area (Å²) < 4.78 is 13.4. The SMILES string of the molecule is CC(NC(CO)c1ccc(Cl)c(F)c1)c1cccs1. The Morgan fingerprint density at radius 3 is 2.79 bits per heavy atom. The molecule has 19 heavy (non-hydrogen) atoms. The third-order valence-electron chi connectivity index (χ3n) is 2.95. The minimum absolute atomic E-state index is 0.0896. The molecule has 0 radical (unpaired) electrons. The molecule has 0 saturated heterocycles. The van der Waals surface area contributed by atoms with E-state index in [1.165, 1.54) is 17.0 Å². The number of aliphatic hydroxyl groups excluding tert-OH is 1. The second-order valence-electron chi connectivity index (χ2n) is 4.31. The molecule has 0 aliphatic rings. The topological polar surface area (TPSA) is 32.3 Å². The number of hydrogen-bond donors (Lipinski definition) is 2. The smallest absolute Gasteiger partial charge is 0.142 e. The van der Waals surface area contributed by atoms with Crippen molar-refractivity contribution in [2.45, 2.75) is 19.0 Å². The minimum Gasteiger partial charge on any atom is -0.394 e. The molecule has 2 rings (SSSR count). The predicted octanol–water partition coefficient (Wildman–Crippen LogP) is 3.92. The van der Waals surface area contributed by atoms with Crippen LogP contribution in [0.1, 0.15) is 29.4 Å². The summed E-state index contributed by atoms with van der Waals surface area (Å²) in [4.78, 5) is 1.17. The molecule has 0 aliphatic heterocycles. The normalized spacial score (nSPS) is 14.3. The van der Waals surface area contributed by atoms with Gasteiger partial charge in [0.1, 0.15) is 5.82 Å². The second-order valence-corrected chi connectivity index (χ2v) is 5.70. The number of nitrogens with one attached hydrogen (secondary N) is 1. The maximum Gasteiger partial charge on any atom is 0.142 e.